The van der Waals surface area contributed by atoms with Gasteiger partial charge in [-0.1, -0.05) is 32.0 Å². The molecule has 1 aromatic carbocycles. The Morgan fingerprint density at radius 2 is 2.03 bits per heavy atom. The molecule has 2 aliphatic rings. The van der Waals surface area contributed by atoms with E-state index in [0.717, 1.165) is 43.3 Å². The van der Waals surface area contributed by atoms with Crippen molar-refractivity contribution >= 4 is 22.7 Å². The van der Waals surface area contributed by atoms with E-state index in [4.69, 9.17) is 0 Å². The van der Waals surface area contributed by atoms with Crippen molar-refractivity contribution in [3.05, 3.63) is 53.5 Å². The molecule has 7 heteroatoms. The van der Waals surface area contributed by atoms with E-state index < -0.39 is 0 Å². The van der Waals surface area contributed by atoms with Crippen LogP contribution in [-0.4, -0.2) is 51.5 Å². The van der Waals surface area contributed by atoms with Crippen LogP contribution >= 0.6 is 0 Å². The zero-order valence-electron chi connectivity index (χ0n) is 19.5. The summed E-state index contributed by atoms with van der Waals surface area (Å²) in [5, 5.41) is 11.6. The predicted octanol–water partition coefficient (Wildman–Crippen LogP) is 3.69. The number of hydrogen-bond donors (Lipinski definition) is 3. The maximum Gasteiger partial charge on any atom is 0.274 e. The van der Waals surface area contributed by atoms with E-state index in [1.54, 1.807) is 0 Å². The lowest BCUT2D eigenvalue weighted by molar-refractivity contribution is -0.123. The number of piperidine rings is 1. The third kappa shape index (κ3) is 4.41. The minimum Gasteiger partial charge on any atom is -0.361 e. The highest BCUT2D eigenvalue weighted by atomic mass is 16.2. The molecule has 2 fully saturated rings. The van der Waals surface area contributed by atoms with E-state index in [9.17, 15) is 9.59 Å². The second kappa shape index (κ2) is 8.69. The van der Waals surface area contributed by atoms with Gasteiger partial charge in [-0.15, -0.1) is 0 Å². The molecule has 0 radical (unpaired) electrons. The van der Waals surface area contributed by atoms with Gasteiger partial charge in [-0.3, -0.25) is 14.7 Å². The summed E-state index contributed by atoms with van der Waals surface area (Å²) in [5.41, 5.74) is 3.96. The summed E-state index contributed by atoms with van der Waals surface area (Å²) in [5.74, 6) is 0.765. The van der Waals surface area contributed by atoms with Crippen molar-refractivity contribution in [2.75, 3.05) is 19.6 Å². The predicted molar refractivity (Wildman–Crippen MR) is 128 cm³/mol. The van der Waals surface area contributed by atoms with Crippen LogP contribution in [0.15, 0.2) is 36.5 Å². The number of carbonyl (C=O) groups excluding carboxylic acids is 2. The number of benzene rings is 1. The molecule has 174 valence electrons. The molecule has 3 aromatic rings. The molecular weight excluding hydrogens is 414 g/mol. The highest BCUT2D eigenvalue weighted by Gasteiger charge is 2.58. The SMILES string of the molecule is CC(C)Cc1cc(C(=O)N2CCC3(CC2)C[C@@H]3C(=O)NCCc2c[nH]c3ccccc23)n[nH]1. The molecular formula is C26H33N5O2. The fraction of sp³-hybridized carbons (Fsp3) is 0.500. The van der Waals surface area contributed by atoms with Gasteiger partial charge in [-0.2, -0.15) is 5.10 Å². The van der Waals surface area contributed by atoms with E-state index >= 15 is 0 Å². The van der Waals surface area contributed by atoms with Crippen molar-refractivity contribution in [3.63, 3.8) is 0 Å². The molecule has 0 unspecified atom stereocenters. The van der Waals surface area contributed by atoms with Gasteiger partial charge in [0.2, 0.25) is 5.91 Å². The smallest absolute Gasteiger partial charge is 0.274 e. The summed E-state index contributed by atoms with van der Waals surface area (Å²) >= 11 is 0. The summed E-state index contributed by atoms with van der Waals surface area (Å²) in [6, 6.07) is 10.1. The van der Waals surface area contributed by atoms with E-state index in [1.165, 1.54) is 10.9 Å². The van der Waals surface area contributed by atoms with Crippen molar-refractivity contribution < 1.29 is 9.59 Å². The van der Waals surface area contributed by atoms with Crippen LogP contribution < -0.4 is 5.32 Å². The van der Waals surface area contributed by atoms with Crippen molar-refractivity contribution in [2.24, 2.45) is 17.3 Å². The highest BCUT2D eigenvalue weighted by Crippen LogP contribution is 2.59. The number of fused-ring (bicyclic) bond motifs is 1. The summed E-state index contributed by atoms with van der Waals surface area (Å²) in [6.07, 6.45) is 6.47. The minimum atomic E-state index is -0.00325. The molecule has 3 N–H and O–H groups in total. The van der Waals surface area contributed by atoms with Crippen LogP contribution in [0, 0.1) is 17.3 Å². The summed E-state index contributed by atoms with van der Waals surface area (Å²) in [7, 11) is 0. The second-order valence-electron chi connectivity index (χ2n) is 10.2. The molecule has 7 nitrogen and oxygen atoms in total. The third-order valence-corrected chi connectivity index (χ3v) is 7.40. The first-order valence-corrected chi connectivity index (χ1v) is 12.1. The molecule has 1 saturated heterocycles. The topological polar surface area (TPSA) is 93.9 Å². The van der Waals surface area contributed by atoms with Crippen LogP contribution in [0.4, 0.5) is 0 Å². The standard InChI is InChI=1S/C26H33N5O2/c1-17(2)13-19-14-23(30-29-19)25(33)31-11-8-26(9-12-31)15-21(26)24(32)27-10-7-18-16-28-22-6-4-3-5-20(18)22/h3-6,14,16-17,21,28H,7-13,15H2,1-2H3,(H,27,32)(H,29,30)/t21-/m1/s1. The molecule has 3 heterocycles. The molecule has 0 bridgehead atoms. The molecule has 1 saturated carbocycles. The van der Waals surface area contributed by atoms with Crippen LogP contribution in [0.1, 0.15) is 54.9 Å². The van der Waals surface area contributed by atoms with E-state index in [1.807, 2.05) is 29.3 Å². The molecule has 1 spiro atoms. The van der Waals surface area contributed by atoms with Crippen molar-refractivity contribution in [1.29, 1.82) is 0 Å². The molecule has 1 aliphatic carbocycles. The molecule has 33 heavy (non-hydrogen) atoms. The number of rotatable bonds is 7. The average Bonchev–Trinajstić information content (AvgIpc) is 3.11. The Kier molecular flexibility index (Phi) is 5.72. The Morgan fingerprint density at radius 1 is 1.24 bits per heavy atom. The van der Waals surface area contributed by atoms with E-state index in [0.29, 0.717) is 31.2 Å². The molecule has 2 amide bonds. The maximum atomic E-state index is 12.9. The number of aromatic nitrogens is 3. The maximum absolute atomic E-state index is 12.9. The number of para-hydroxylation sites is 1. The number of amides is 2. The first kappa shape index (κ1) is 21.7. The number of likely N-dealkylation sites (tertiary alicyclic amines) is 1. The third-order valence-electron chi connectivity index (χ3n) is 7.40. The molecule has 1 atom stereocenters. The van der Waals surface area contributed by atoms with Gasteiger partial charge in [0.25, 0.3) is 5.91 Å². The average molecular weight is 448 g/mol. The van der Waals surface area contributed by atoms with Gasteiger partial charge in [0, 0.05) is 48.3 Å². The quantitative estimate of drug-likeness (QED) is 0.516. The Bertz CT molecular complexity index is 1150. The normalized spacial score (nSPS) is 19.4. The van der Waals surface area contributed by atoms with Crippen LogP contribution in [0.5, 0.6) is 0 Å². The van der Waals surface area contributed by atoms with Gasteiger partial charge in [-0.05, 0) is 61.1 Å². The van der Waals surface area contributed by atoms with Gasteiger partial charge in [-0.25, -0.2) is 0 Å². The molecule has 5 rings (SSSR count). The summed E-state index contributed by atoms with van der Waals surface area (Å²) < 4.78 is 0. The second-order valence-corrected chi connectivity index (χ2v) is 10.2. The minimum absolute atomic E-state index is 0.00325. The number of nitrogens with one attached hydrogen (secondary N) is 3. The lowest BCUT2D eigenvalue weighted by atomic mass is 9.90. The Morgan fingerprint density at radius 3 is 2.82 bits per heavy atom. The van der Waals surface area contributed by atoms with Crippen molar-refractivity contribution in [3.8, 4) is 0 Å². The molecule has 1 aliphatic heterocycles. The Labute approximate surface area is 194 Å². The first-order chi connectivity index (χ1) is 15.9. The summed E-state index contributed by atoms with van der Waals surface area (Å²) in [6.45, 7) is 6.35. The van der Waals surface area contributed by atoms with Gasteiger partial charge in [0.1, 0.15) is 5.69 Å². The van der Waals surface area contributed by atoms with Crippen LogP contribution in [0.2, 0.25) is 0 Å². The Balaban J connectivity index is 1.09. The van der Waals surface area contributed by atoms with E-state index in [2.05, 4.69) is 46.5 Å². The summed E-state index contributed by atoms with van der Waals surface area (Å²) in [4.78, 5) is 30.8. The van der Waals surface area contributed by atoms with Crippen molar-refractivity contribution in [2.45, 2.75) is 46.0 Å². The van der Waals surface area contributed by atoms with Gasteiger partial charge in [0.05, 0.1) is 0 Å². The first-order valence-electron chi connectivity index (χ1n) is 12.1. The number of carbonyl (C=O) groups is 2. The van der Waals surface area contributed by atoms with Crippen molar-refractivity contribution in [1.82, 2.24) is 25.4 Å². The van der Waals surface area contributed by atoms with Crippen LogP contribution in [-0.2, 0) is 17.6 Å². The number of H-pyrrole nitrogens is 2. The molecule has 2 aromatic heterocycles. The highest BCUT2D eigenvalue weighted by molar-refractivity contribution is 5.92. The number of aromatic amines is 2. The lowest BCUT2D eigenvalue weighted by Gasteiger charge is -2.32. The fourth-order valence-electron chi connectivity index (χ4n) is 5.39. The number of nitrogens with zero attached hydrogens (tertiary/aromatic N) is 2. The lowest BCUT2D eigenvalue weighted by Crippen LogP contribution is -2.41. The van der Waals surface area contributed by atoms with Gasteiger partial charge >= 0.3 is 0 Å². The monoisotopic (exact) mass is 447 g/mol. The van der Waals surface area contributed by atoms with Gasteiger partial charge in [0.15, 0.2) is 0 Å². The van der Waals surface area contributed by atoms with Crippen LogP contribution in [0.3, 0.4) is 0 Å². The number of hydrogen-bond acceptors (Lipinski definition) is 3. The largest absolute Gasteiger partial charge is 0.361 e. The van der Waals surface area contributed by atoms with Gasteiger partial charge < -0.3 is 15.2 Å². The van der Waals surface area contributed by atoms with Crippen LogP contribution in [0.25, 0.3) is 10.9 Å². The van der Waals surface area contributed by atoms with E-state index in [-0.39, 0.29) is 23.1 Å². The zero-order valence-corrected chi connectivity index (χ0v) is 19.5. The Hall–Kier alpha value is -3.09. The zero-order chi connectivity index (χ0) is 23.0. The fourth-order valence-corrected chi connectivity index (χ4v) is 5.39.